The molecule has 0 aromatic carbocycles. The summed E-state index contributed by atoms with van der Waals surface area (Å²) in [6.45, 7) is 5.66. The van der Waals surface area contributed by atoms with Gasteiger partial charge in [-0.1, -0.05) is 0 Å². The summed E-state index contributed by atoms with van der Waals surface area (Å²) >= 11 is 0. The van der Waals surface area contributed by atoms with Crippen molar-refractivity contribution in [3.8, 4) is 5.75 Å². The normalized spacial score (nSPS) is 9.90. The van der Waals surface area contributed by atoms with Gasteiger partial charge in [0.1, 0.15) is 5.75 Å². The molecule has 0 radical (unpaired) electrons. The molecule has 0 spiro atoms. The zero-order valence-corrected chi connectivity index (χ0v) is 6.47. The molecule has 0 aliphatic rings. The second-order valence-electron chi connectivity index (χ2n) is 2.50. The standard InChI is InChI=1S/C8H11NO/c1-5-4-8(10)7(3)9-6(5)2/h4,10H,1-3H3. The number of pyridine rings is 1. The molecule has 10 heavy (non-hydrogen) atoms. The SMILES string of the molecule is Cc1cc(O)c(C)nc1C. The smallest absolute Gasteiger partial charge is 0.137 e. The lowest BCUT2D eigenvalue weighted by Crippen LogP contribution is -1.89. The molecule has 0 unspecified atom stereocenters. The van der Waals surface area contributed by atoms with Crippen LogP contribution in [0.2, 0.25) is 0 Å². The Labute approximate surface area is 60.5 Å². The Kier molecular flexibility index (Phi) is 1.62. The van der Waals surface area contributed by atoms with Gasteiger partial charge in [0.05, 0.1) is 5.69 Å². The number of rotatable bonds is 0. The second-order valence-corrected chi connectivity index (χ2v) is 2.50. The van der Waals surface area contributed by atoms with Crippen molar-refractivity contribution in [2.45, 2.75) is 20.8 Å². The predicted octanol–water partition coefficient (Wildman–Crippen LogP) is 1.71. The van der Waals surface area contributed by atoms with Crippen molar-refractivity contribution in [3.63, 3.8) is 0 Å². The Bertz CT molecular complexity index is 205. The van der Waals surface area contributed by atoms with Crippen LogP contribution in [0.25, 0.3) is 0 Å². The van der Waals surface area contributed by atoms with Gasteiger partial charge in [0.2, 0.25) is 0 Å². The molecule has 0 saturated carbocycles. The van der Waals surface area contributed by atoms with Crippen LogP contribution >= 0.6 is 0 Å². The summed E-state index contributed by atoms with van der Waals surface area (Å²) in [6, 6.07) is 1.73. The van der Waals surface area contributed by atoms with Gasteiger partial charge in [-0.3, -0.25) is 4.98 Å². The summed E-state index contributed by atoms with van der Waals surface area (Å²) in [5.74, 6) is 0.281. The zero-order valence-electron chi connectivity index (χ0n) is 6.47. The van der Waals surface area contributed by atoms with Gasteiger partial charge in [-0.25, -0.2) is 0 Å². The minimum Gasteiger partial charge on any atom is -0.506 e. The summed E-state index contributed by atoms with van der Waals surface area (Å²) in [6.07, 6.45) is 0. The second kappa shape index (κ2) is 2.29. The van der Waals surface area contributed by atoms with Gasteiger partial charge >= 0.3 is 0 Å². The lowest BCUT2D eigenvalue weighted by Gasteiger charge is -2.01. The highest BCUT2D eigenvalue weighted by Gasteiger charge is 1.99. The van der Waals surface area contributed by atoms with Gasteiger partial charge in [0.15, 0.2) is 0 Å². The van der Waals surface area contributed by atoms with Gasteiger partial charge in [0, 0.05) is 5.69 Å². The number of aromatic hydroxyl groups is 1. The average Bonchev–Trinajstić information content (AvgIpc) is 1.84. The van der Waals surface area contributed by atoms with Crippen LogP contribution in [0.3, 0.4) is 0 Å². The lowest BCUT2D eigenvalue weighted by atomic mass is 10.2. The Morgan fingerprint density at radius 1 is 1.20 bits per heavy atom. The minimum atomic E-state index is 0.281. The molecular formula is C8H11NO. The third-order valence-electron chi connectivity index (χ3n) is 1.63. The van der Waals surface area contributed by atoms with E-state index in [0.29, 0.717) is 5.69 Å². The van der Waals surface area contributed by atoms with E-state index in [9.17, 15) is 0 Å². The van der Waals surface area contributed by atoms with Gasteiger partial charge < -0.3 is 5.11 Å². The first kappa shape index (κ1) is 7.06. The molecule has 1 rings (SSSR count). The van der Waals surface area contributed by atoms with Crippen molar-refractivity contribution in [2.75, 3.05) is 0 Å². The maximum atomic E-state index is 9.16. The van der Waals surface area contributed by atoms with Crippen molar-refractivity contribution in [1.82, 2.24) is 4.98 Å². The van der Waals surface area contributed by atoms with E-state index in [1.165, 1.54) is 0 Å². The van der Waals surface area contributed by atoms with Crippen molar-refractivity contribution >= 4 is 0 Å². The fraction of sp³-hybridized carbons (Fsp3) is 0.375. The Morgan fingerprint density at radius 2 is 1.80 bits per heavy atom. The first-order valence-corrected chi connectivity index (χ1v) is 3.25. The quantitative estimate of drug-likeness (QED) is 0.590. The molecule has 0 fully saturated rings. The van der Waals surface area contributed by atoms with E-state index in [1.54, 1.807) is 13.0 Å². The molecule has 1 aromatic heterocycles. The number of nitrogens with zero attached hydrogens (tertiary/aromatic N) is 1. The molecule has 1 aromatic rings. The van der Waals surface area contributed by atoms with Crippen LogP contribution in [-0.2, 0) is 0 Å². The fourth-order valence-corrected chi connectivity index (χ4v) is 0.811. The third kappa shape index (κ3) is 1.10. The van der Waals surface area contributed by atoms with Crippen LogP contribution in [-0.4, -0.2) is 10.1 Å². The summed E-state index contributed by atoms with van der Waals surface area (Å²) in [4.78, 5) is 4.12. The Hall–Kier alpha value is -1.05. The van der Waals surface area contributed by atoms with Gasteiger partial charge in [0.25, 0.3) is 0 Å². The molecular weight excluding hydrogens is 126 g/mol. The Balaban J connectivity index is 3.28. The molecule has 54 valence electrons. The van der Waals surface area contributed by atoms with E-state index >= 15 is 0 Å². The largest absolute Gasteiger partial charge is 0.506 e. The first-order chi connectivity index (χ1) is 4.61. The first-order valence-electron chi connectivity index (χ1n) is 3.25. The number of aromatic nitrogens is 1. The van der Waals surface area contributed by atoms with Crippen molar-refractivity contribution < 1.29 is 5.11 Å². The van der Waals surface area contributed by atoms with E-state index in [4.69, 9.17) is 5.11 Å². The van der Waals surface area contributed by atoms with Crippen LogP contribution in [0.1, 0.15) is 17.0 Å². The van der Waals surface area contributed by atoms with E-state index < -0.39 is 0 Å². The summed E-state index contributed by atoms with van der Waals surface area (Å²) in [5.41, 5.74) is 2.71. The fourth-order valence-electron chi connectivity index (χ4n) is 0.811. The number of hydrogen-bond donors (Lipinski definition) is 1. The molecule has 0 saturated heterocycles. The molecule has 0 aliphatic heterocycles. The molecule has 1 N–H and O–H groups in total. The summed E-state index contributed by atoms with van der Waals surface area (Å²) < 4.78 is 0. The van der Waals surface area contributed by atoms with Crippen LogP contribution in [0, 0.1) is 20.8 Å². The predicted molar refractivity (Wildman–Crippen MR) is 40.1 cm³/mol. The van der Waals surface area contributed by atoms with Crippen molar-refractivity contribution in [2.24, 2.45) is 0 Å². The third-order valence-corrected chi connectivity index (χ3v) is 1.63. The van der Waals surface area contributed by atoms with Crippen LogP contribution < -0.4 is 0 Å². The minimum absolute atomic E-state index is 0.281. The molecule has 0 bridgehead atoms. The number of hydrogen-bond acceptors (Lipinski definition) is 2. The molecule has 0 atom stereocenters. The topological polar surface area (TPSA) is 33.1 Å². The molecule has 0 aliphatic carbocycles. The molecule has 2 nitrogen and oxygen atoms in total. The average molecular weight is 137 g/mol. The maximum absolute atomic E-state index is 9.16. The van der Waals surface area contributed by atoms with Gasteiger partial charge in [-0.05, 0) is 32.4 Å². The van der Waals surface area contributed by atoms with Gasteiger partial charge in [-0.2, -0.15) is 0 Å². The van der Waals surface area contributed by atoms with Crippen molar-refractivity contribution in [3.05, 3.63) is 23.0 Å². The highest BCUT2D eigenvalue weighted by Crippen LogP contribution is 2.16. The van der Waals surface area contributed by atoms with Crippen LogP contribution in [0.15, 0.2) is 6.07 Å². The highest BCUT2D eigenvalue weighted by atomic mass is 16.3. The highest BCUT2D eigenvalue weighted by molar-refractivity contribution is 5.32. The maximum Gasteiger partial charge on any atom is 0.137 e. The van der Waals surface area contributed by atoms with Crippen molar-refractivity contribution in [1.29, 1.82) is 0 Å². The zero-order chi connectivity index (χ0) is 7.72. The summed E-state index contributed by atoms with van der Waals surface area (Å²) in [5, 5.41) is 9.16. The van der Waals surface area contributed by atoms with Gasteiger partial charge in [-0.15, -0.1) is 0 Å². The Morgan fingerprint density at radius 3 is 2.30 bits per heavy atom. The van der Waals surface area contributed by atoms with Crippen LogP contribution in [0.5, 0.6) is 5.75 Å². The molecule has 0 amide bonds. The summed E-state index contributed by atoms with van der Waals surface area (Å²) in [7, 11) is 0. The van der Waals surface area contributed by atoms with E-state index in [0.717, 1.165) is 11.3 Å². The van der Waals surface area contributed by atoms with E-state index in [-0.39, 0.29) is 5.75 Å². The van der Waals surface area contributed by atoms with E-state index in [2.05, 4.69) is 4.98 Å². The lowest BCUT2D eigenvalue weighted by molar-refractivity contribution is 0.466. The molecule has 2 heteroatoms. The number of aryl methyl sites for hydroxylation is 3. The molecule has 1 heterocycles. The monoisotopic (exact) mass is 137 g/mol. The van der Waals surface area contributed by atoms with Crippen LogP contribution in [0.4, 0.5) is 0 Å². The van der Waals surface area contributed by atoms with E-state index in [1.807, 2.05) is 13.8 Å².